The van der Waals surface area contributed by atoms with Crippen molar-refractivity contribution in [1.29, 1.82) is 0 Å². The van der Waals surface area contributed by atoms with E-state index in [1.165, 1.54) is 5.56 Å². The summed E-state index contributed by atoms with van der Waals surface area (Å²) in [5, 5.41) is 5.12. The molecule has 0 aliphatic rings. The zero-order valence-corrected chi connectivity index (χ0v) is 11.6. The summed E-state index contributed by atoms with van der Waals surface area (Å²) in [6.45, 7) is 0.677. The van der Waals surface area contributed by atoms with E-state index in [2.05, 4.69) is 49.8 Å². The van der Waals surface area contributed by atoms with Crippen LogP contribution in [0.25, 0.3) is 11.0 Å². The Bertz CT molecular complexity index is 692. The van der Waals surface area contributed by atoms with Crippen molar-refractivity contribution in [3.05, 3.63) is 45.9 Å². The van der Waals surface area contributed by atoms with Crippen LogP contribution in [0.5, 0.6) is 0 Å². The molecule has 5 nitrogen and oxygen atoms in total. The lowest BCUT2D eigenvalue weighted by Gasteiger charge is -2.03. The van der Waals surface area contributed by atoms with Crippen LogP contribution >= 0.6 is 22.6 Å². The van der Waals surface area contributed by atoms with Gasteiger partial charge in [0.25, 0.3) is 0 Å². The standard InChI is InChI=1S/C12H10IN5/c13-12-16-10(14)9-6-15-18(11(9)17-12)7-8-4-2-1-3-5-8/h1-6H,7H2,(H2,14,16,17). The smallest absolute Gasteiger partial charge is 0.194 e. The zero-order valence-electron chi connectivity index (χ0n) is 9.42. The number of hydrogen-bond donors (Lipinski definition) is 1. The van der Waals surface area contributed by atoms with Gasteiger partial charge in [-0.25, -0.2) is 14.6 Å². The topological polar surface area (TPSA) is 69.6 Å². The van der Waals surface area contributed by atoms with Crippen LogP contribution in [0, 0.1) is 3.83 Å². The Labute approximate surface area is 117 Å². The van der Waals surface area contributed by atoms with Gasteiger partial charge in [-0.3, -0.25) is 0 Å². The van der Waals surface area contributed by atoms with Gasteiger partial charge in [-0.2, -0.15) is 5.10 Å². The van der Waals surface area contributed by atoms with Gasteiger partial charge < -0.3 is 5.73 Å². The minimum Gasteiger partial charge on any atom is -0.383 e. The number of aromatic nitrogens is 4. The van der Waals surface area contributed by atoms with Crippen LogP contribution in [-0.4, -0.2) is 19.7 Å². The van der Waals surface area contributed by atoms with Gasteiger partial charge in [-0.15, -0.1) is 0 Å². The molecular formula is C12H10IN5. The molecule has 0 atom stereocenters. The molecule has 0 radical (unpaired) electrons. The SMILES string of the molecule is Nc1nc(I)nc2c1cnn2Cc1ccccc1. The maximum atomic E-state index is 5.85. The molecule has 0 unspecified atom stereocenters. The normalized spacial score (nSPS) is 10.9. The van der Waals surface area contributed by atoms with Crippen LogP contribution in [0.3, 0.4) is 0 Å². The van der Waals surface area contributed by atoms with Gasteiger partial charge in [0.15, 0.2) is 9.48 Å². The van der Waals surface area contributed by atoms with Gasteiger partial charge in [0.1, 0.15) is 5.82 Å². The van der Waals surface area contributed by atoms with E-state index in [0.717, 1.165) is 11.0 Å². The average Bonchev–Trinajstić information content (AvgIpc) is 2.74. The van der Waals surface area contributed by atoms with E-state index in [9.17, 15) is 0 Å². The van der Waals surface area contributed by atoms with Crippen LogP contribution in [0.1, 0.15) is 5.56 Å². The van der Waals surface area contributed by atoms with Gasteiger partial charge in [0, 0.05) is 22.6 Å². The van der Waals surface area contributed by atoms with Crippen molar-refractivity contribution in [2.45, 2.75) is 6.54 Å². The van der Waals surface area contributed by atoms with Crippen molar-refractivity contribution in [2.24, 2.45) is 0 Å². The maximum Gasteiger partial charge on any atom is 0.194 e. The third kappa shape index (κ3) is 2.03. The Morgan fingerprint density at radius 1 is 1.17 bits per heavy atom. The van der Waals surface area contributed by atoms with Crippen molar-refractivity contribution in [1.82, 2.24) is 19.7 Å². The lowest BCUT2D eigenvalue weighted by molar-refractivity contribution is 0.703. The molecule has 0 aliphatic heterocycles. The third-order valence-corrected chi connectivity index (χ3v) is 3.16. The Morgan fingerprint density at radius 2 is 1.94 bits per heavy atom. The van der Waals surface area contributed by atoms with Crippen LogP contribution in [0.2, 0.25) is 0 Å². The van der Waals surface area contributed by atoms with Gasteiger partial charge in [0.05, 0.1) is 18.1 Å². The van der Waals surface area contributed by atoms with Crippen molar-refractivity contribution < 1.29 is 0 Å². The predicted octanol–water partition coefficient (Wildman–Crippen LogP) is 2.06. The molecule has 0 aliphatic carbocycles. The van der Waals surface area contributed by atoms with E-state index in [4.69, 9.17) is 5.73 Å². The van der Waals surface area contributed by atoms with E-state index < -0.39 is 0 Å². The predicted molar refractivity (Wildman–Crippen MR) is 78.0 cm³/mol. The zero-order chi connectivity index (χ0) is 12.5. The molecule has 1 aromatic carbocycles. The molecule has 0 saturated heterocycles. The molecule has 2 N–H and O–H groups in total. The molecule has 3 rings (SSSR count). The summed E-state index contributed by atoms with van der Waals surface area (Å²) < 4.78 is 2.47. The fourth-order valence-corrected chi connectivity index (χ4v) is 2.31. The molecule has 18 heavy (non-hydrogen) atoms. The van der Waals surface area contributed by atoms with Gasteiger partial charge in [-0.1, -0.05) is 30.3 Å². The molecule has 6 heteroatoms. The van der Waals surface area contributed by atoms with Crippen molar-refractivity contribution in [3.8, 4) is 0 Å². The number of nitrogens with two attached hydrogens (primary N) is 1. The number of hydrogen-bond acceptors (Lipinski definition) is 4. The first-order valence-corrected chi connectivity index (χ1v) is 6.50. The van der Waals surface area contributed by atoms with Gasteiger partial charge in [-0.05, 0) is 5.56 Å². The van der Waals surface area contributed by atoms with E-state index in [1.54, 1.807) is 6.20 Å². The number of nitrogen functional groups attached to an aromatic ring is 1. The largest absolute Gasteiger partial charge is 0.383 e. The first-order chi connectivity index (χ1) is 8.74. The summed E-state index contributed by atoms with van der Waals surface area (Å²) >= 11 is 2.06. The first-order valence-electron chi connectivity index (χ1n) is 5.42. The van der Waals surface area contributed by atoms with Crippen molar-refractivity contribution in [2.75, 3.05) is 5.73 Å². The van der Waals surface area contributed by atoms with Crippen molar-refractivity contribution in [3.63, 3.8) is 0 Å². The second kappa shape index (κ2) is 4.52. The molecule has 0 fully saturated rings. The quantitative estimate of drug-likeness (QED) is 0.567. The summed E-state index contributed by atoms with van der Waals surface area (Å²) in [6.07, 6.45) is 1.71. The van der Waals surface area contributed by atoms with Crippen LogP contribution < -0.4 is 5.73 Å². The van der Waals surface area contributed by atoms with Crippen molar-refractivity contribution >= 4 is 39.4 Å². The number of fused-ring (bicyclic) bond motifs is 1. The van der Waals surface area contributed by atoms with Crippen LogP contribution in [0.15, 0.2) is 36.5 Å². The molecule has 3 aromatic rings. The highest BCUT2D eigenvalue weighted by atomic mass is 127. The number of rotatable bonds is 2. The summed E-state index contributed by atoms with van der Waals surface area (Å²) in [5.74, 6) is 0.476. The summed E-state index contributed by atoms with van der Waals surface area (Å²) in [5.41, 5.74) is 7.80. The highest BCUT2D eigenvalue weighted by Gasteiger charge is 2.09. The Kier molecular flexibility index (Phi) is 2.86. The summed E-state index contributed by atoms with van der Waals surface area (Å²) in [4.78, 5) is 8.51. The number of anilines is 1. The minimum atomic E-state index is 0.476. The molecule has 0 saturated carbocycles. The molecule has 0 spiro atoms. The fraction of sp³-hybridized carbons (Fsp3) is 0.0833. The third-order valence-electron chi connectivity index (χ3n) is 2.67. The molecule has 0 bridgehead atoms. The average molecular weight is 351 g/mol. The number of benzene rings is 1. The fourth-order valence-electron chi connectivity index (χ4n) is 1.82. The Hall–Kier alpha value is -1.70. The van der Waals surface area contributed by atoms with Crippen LogP contribution in [0.4, 0.5) is 5.82 Å². The van der Waals surface area contributed by atoms with E-state index in [-0.39, 0.29) is 0 Å². The summed E-state index contributed by atoms with van der Waals surface area (Å²) in [7, 11) is 0. The molecule has 2 aromatic heterocycles. The maximum absolute atomic E-state index is 5.85. The first kappa shape index (κ1) is 11.4. The highest BCUT2D eigenvalue weighted by Crippen LogP contribution is 2.18. The molecular weight excluding hydrogens is 341 g/mol. The monoisotopic (exact) mass is 351 g/mol. The van der Waals surface area contributed by atoms with Crippen LogP contribution in [-0.2, 0) is 6.54 Å². The lowest BCUT2D eigenvalue weighted by Crippen LogP contribution is -2.04. The highest BCUT2D eigenvalue weighted by molar-refractivity contribution is 14.1. The molecule has 0 amide bonds. The van der Waals surface area contributed by atoms with E-state index in [1.807, 2.05) is 22.9 Å². The van der Waals surface area contributed by atoms with Gasteiger partial charge >= 0.3 is 0 Å². The molecule has 2 heterocycles. The number of halogens is 1. The second-order valence-electron chi connectivity index (χ2n) is 3.90. The Morgan fingerprint density at radius 3 is 2.72 bits per heavy atom. The Balaban J connectivity index is 2.08. The lowest BCUT2D eigenvalue weighted by atomic mass is 10.2. The van der Waals surface area contributed by atoms with Gasteiger partial charge in [0.2, 0.25) is 0 Å². The molecule has 90 valence electrons. The number of nitrogens with zero attached hydrogens (tertiary/aromatic N) is 4. The van der Waals surface area contributed by atoms with E-state index >= 15 is 0 Å². The second-order valence-corrected chi connectivity index (χ2v) is 4.87. The summed E-state index contributed by atoms with van der Waals surface area (Å²) in [6, 6.07) is 10.1. The van der Waals surface area contributed by atoms with E-state index in [0.29, 0.717) is 16.2 Å². The minimum absolute atomic E-state index is 0.476.